The first-order chi connectivity index (χ1) is 11.7. The van der Waals surface area contributed by atoms with Crippen molar-refractivity contribution in [2.45, 2.75) is 57.9 Å². The highest BCUT2D eigenvalue weighted by molar-refractivity contribution is 6.08. The maximum Gasteiger partial charge on any atom is 0.344 e. The summed E-state index contributed by atoms with van der Waals surface area (Å²) < 4.78 is 4.71. The first-order valence-corrected chi connectivity index (χ1v) is 8.35. The molecule has 1 saturated heterocycles. The number of ketones is 1. The Morgan fingerprint density at radius 3 is 2.48 bits per heavy atom. The number of carbonyl (C=O) groups is 5. The van der Waals surface area contributed by atoms with Crippen molar-refractivity contribution in [3.63, 3.8) is 0 Å². The van der Waals surface area contributed by atoms with Crippen LogP contribution < -0.4 is 10.7 Å². The van der Waals surface area contributed by atoms with Crippen molar-refractivity contribution < 1.29 is 28.7 Å². The standard InChI is InChI=1S/C16H23N3O6/c1-10-5-7-16(8-6-10)14(23)19(15(24)17-16)18-12(21)9-25-13(22)4-3-11(2)20/h10H,3-9H2,1-2H3,(H,17,24)(H,18,21). The van der Waals surface area contributed by atoms with E-state index in [0.29, 0.717) is 23.8 Å². The molecule has 0 atom stereocenters. The molecule has 1 aliphatic heterocycles. The van der Waals surface area contributed by atoms with E-state index in [4.69, 9.17) is 4.74 Å². The molecular formula is C16H23N3O6. The first kappa shape index (κ1) is 18.9. The lowest BCUT2D eigenvalue weighted by atomic mass is 9.77. The summed E-state index contributed by atoms with van der Waals surface area (Å²) in [5.74, 6) is -1.64. The molecule has 1 heterocycles. The van der Waals surface area contributed by atoms with Gasteiger partial charge in [-0.2, -0.15) is 5.01 Å². The number of hydrogen-bond acceptors (Lipinski definition) is 6. The average Bonchev–Trinajstić information content (AvgIpc) is 2.78. The smallest absolute Gasteiger partial charge is 0.344 e. The van der Waals surface area contributed by atoms with Crippen molar-refractivity contribution >= 4 is 29.6 Å². The molecule has 2 aliphatic rings. The van der Waals surface area contributed by atoms with E-state index < -0.39 is 36.0 Å². The number of ether oxygens (including phenoxy) is 1. The van der Waals surface area contributed by atoms with Crippen molar-refractivity contribution in [2.24, 2.45) is 5.92 Å². The number of Topliss-reactive ketones (excluding diaryl/α,β-unsaturated/α-hetero) is 1. The van der Waals surface area contributed by atoms with Gasteiger partial charge in [0.05, 0.1) is 6.42 Å². The molecule has 0 aromatic carbocycles. The fourth-order valence-electron chi connectivity index (χ4n) is 2.97. The highest BCUT2D eigenvalue weighted by atomic mass is 16.5. The zero-order valence-corrected chi connectivity index (χ0v) is 14.4. The first-order valence-electron chi connectivity index (χ1n) is 8.35. The minimum atomic E-state index is -0.949. The van der Waals surface area contributed by atoms with Crippen LogP contribution in [0.5, 0.6) is 0 Å². The van der Waals surface area contributed by atoms with Gasteiger partial charge in [-0.05, 0) is 38.5 Å². The van der Waals surface area contributed by atoms with Gasteiger partial charge >= 0.3 is 12.0 Å². The fourth-order valence-corrected chi connectivity index (χ4v) is 2.97. The number of esters is 1. The predicted octanol–water partition coefficient (Wildman–Crippen LogP) is 0.431. The summed E-state index contributed by atoms with van der Waals surface area (Å²) in [6.45, 7) is 2.81. The van der Waals surface area contributed by atoms with Gasteiger partial charge in [-0.1, -0.05) is 6.92 Å². The van der Waals surface area contributed by atoms with Gasteiger partial charge in [0.25, 0.3) is 11.8 Å². The van der Waals surface area contributed by atoms with Crippen LogP contribution >= 0.6 is 0 Å². The van der Waals surface area contributed by atoms with Gasteiger partial charge in [0, 0.05) is 6.42 Å². The Kier molecular flexibility index (Phi) is 5.76. The van der Waals surface area contributed by atoms with Crippen LogP contribution in [0.4, 0.5) is 4.79 Å². The van der Waals surface area contributed by atoms with Gasteiger partial charge in [0.2, 0.25) is 0 Å². The normalized spacial score (nSPS) is 25.7. The van der Waals surface area contributed by atoms with Crippen LogP contribution in [0, 0.1) is 5.92 Å². The summed E-state index contributed by atoms with van der Waals surface area (Å²) in [6, 6.07) is -0.684. The molecule has 0 radical (unpaired) electrons. The Morgan fingerprint density at radius 2 is 1.88 bits per heavy atom. The third-order valence-electron chi connectivity index (χ3n) is 4.57. The van der Waals surface area contributed by atoms with E-state index in [0.717, 1.165) is 12.8 Å². The van der Waals surface area contributed by atoms with Crippen molar-refractivity contribution in [1.82, 2.24) is 15.8 Å². The summed E-state index contributed by atoms with van der Waals surface area (Å²) in [7, 11) is 0. The molecule has 2 rings (SSSR count). The number of carbonyl (C=O) groups excluding carboxylic acids is 5. The van der Waals surface area contributed by atoms with Gasteiger partial charge in [-0.3, -0.25) is 19.8 Å². The minimum absolute atomic E-state index is 0.0361. The van der Waals surface area contributed by atoms with Crippen LogP contribution in [0.15, 0.2) is 0 Å². The number of nitrogens with zero attached hydrogens (tertiary/aromatic N) is 1. The molecular weight excluding hydrogens is 330 g/mol. The molecule has 25 heavy (non-hydrogen) atoms. The summed E-state index contributed by atoms with van der Waals surface area (Å²) in [5, 5.41) is 3.32. The molecule has 4 amide bonds. The second-order valence-corrected chi connectivity index (χ2v) is 6.73. The van der Waals surface area contributed by atoms with Crippen LogP contribution in [0.3, 0.4) is 0 Å². The van der Waals surface area contributed by atoms with Gasteiger partial charge in [-0.25, -0.2) is 4.79 Å². The molecule has 1 saturated carbocycles. The fraction of sp³-hybridized carbons (Fsp3) is 0.688. The van der Waals surface area contributed by atoms with E-state index in [1.54, 1.807) is 0 Å². The van der Waals surface area contributed by atoms with Crippen molar-refractivity contribution in [2.75, 3.05) is 6.61 Å². The molecule has 1 aliphatic carbocycles. The molecule has 138 valence electrons. The number of urea groups is 1. The second-order valence-electron chi connectivity index (χ2n) is 6.73. The average molecular weight is 353 g/mol. The summed E-state index contributed by atoms with van der Waals surface area (Å²) in [5.41, 5.74) is 1.22. The van der Waals surface area contributed by atoms with E-state index >= 15 is 0 Å². The van der Waals surface area contributed by atoms with Crippen LogP contribution in [-0.4, -0.2) is 46.8 Å². The Labute approximate surface area is 145 Å². The molecule has 2 N–H and O–H groups in total. The molecule has 9 nitrogen and oxygen atoms in total. The number of rotatable bonds is 6. The third kappa shape index (κ3) is 4.55. The lowest BCUT2D eigenvalue weighted by Gasteiger charge is -2.33. The number of hydrogen-bond donors (Lipinski definition) is 2. The maximum absolute atomic E-state index is 12.5. The molecule has 0 unspecified atom stereocenters. The quantitative estimate of drug-likeness (QED) is 0.527. The zero-order chi connectivity index (χ0) is 18.6. The van der Waals surface area contributed by atoms with Crippen molar-refractivity contribution in [3.8, 4) is 0 Å². The molecule has 9 heteroatoms. The monoisotopic (exact) mass is 353 g/mol. The van der Waals surface area contributed by atoms with Crippen LogP contribution in [0.2, 0.25) is 0 Å². The van der Waals surface area contributed by atoms with Gasteiger partial charge < -0.3 is 14.8 Å². The molecule has 0 aromatic rings. The topological polar surface area (TPSA) is 122 Å². The van der Waals surface area contributed by atoms with E-state index in [-0.39, 0.29) is 18.6 Å². The largest absolute Gasteiger partial charge is 0.455 e. The summed E-state index contributed by atoms with van der Waals surface area (Å²) in [6.07, 6.45) is 2.63. The van der Waals surface area contributed by atoms with Crippen LogP contribution in [0.25, 0.3) is 0 Å². The predicted molar refractivity (Wildman–Crippen MR) is 84.8 cm³/mol. The Bertz CT molecular complexity index is 595. The second kappa shape index (κ2) is 7.62. The Balaban J connectivity index is 1.84. The van der Waals surface area contributed by atoms with E-state index in [9.17, 15) is 24.0 Å². The van der Waals surface area contributed by atoms with Crippen molar-refractivity contribution in [1.29, 1.82) is 0 Å². The maximum atomic E-state index is 12.5. The number of hydrazine groups is 1. The minimum Gasteiger partial charge on any atom is -0.455 e. The number of imide groups is 1. The Morgan fingerprint density at radius 1 is 1.24 bits per heavy atom. The third-order valence-corrected chi connectivity index (χ3v) is 4.57. The van der Waals surface area contributed by atoms with Gasteiger partial charge in [0.15, 0.2) is 6.61 Å². The molecule has 2 fully saturated rings. The van der Waals surface area contributed by atoms with Gasteiger partial charge in [-0.15, -0.1) is 0 Å². The molecule has 0 aromatic heterocycles. The number of amides is 4. The zero-order valence-electron chi connectivity index (χ0n) is 14.4. The van der Waals surface area contributed by atoms with Gasteiger partial charge in [0.1, 0.15) is 11.3 Å². The van der Waals surface area contributed by atoms with E-state index in [1.807, 2.05) is 0 Å². The van der Waals surface area contributed by atoms with E-state index in [2.05, 4.69) is 17.7 Å². The highest BCUT2D eigenvalue weighted by Crippen LogP contribution is 2.35. The van der Waals surface area contributed by atoms with Crippen LogP contribution in [-0.2, 0) is 23.9 Å². The lowest BCUT2D eigenvalue weighted by Crippen LogP contribution is -2.52. The number of nitrogens with one attached hydrogen (secondary N) is 2. The molecule has 0 bridgehead atoms. The van der Waals surface area contributed by atoms with Crippen LogP contribution in [0.1, 0.15) is 52.4 Å². The molecule has 1 spiro atoms. The summed E-state index contributed by atoms with van der Waals surface area (Å²) in [4.78, 5) is 58.5. The summed E-state index contributed by atoms with van der Waals surface area (Å²) >= 11 is 0. The lowest BCUT2D eigenvalue weighted by molar-refractivity contribution is -0.151. The highest BCUT2D eigenvalue weighted by Gasteiger charge is 2.52. The Hall–Kier alpha value is -2.45. The SMILES string of the molecule is CC(=O)CCC(=O)OCC(=O)NN1C(=O)NC2(CCC(C)CC2)C1=O. The van der Waals surface area contributed by atoms with E-state index in [1.165, 1.54) is 6.92 Å². The van der Waals surface area contributed by atoms with Crippen molar-refractivity contribution in [3.05, 3.63) is 0 Å².